The molecule has 3 nitrogen and oxygen atoms in total. The van der Waals surface area contributed by atoms with Crippen molar-refractivity contribution in [1.82, 2.24) is 15.3 Å². The zero-order valence-electron chi connectivity index (χ0n) is 10.2. The van der Waals surface area contributed by atoms with Crippen LogP contribution >= 0.6 is 15.9 Å². The first kappa shape index (κ1) is 11.1. The first-order chi connectivity index (χ1) is 9.33. The van der Waals surface area contributed by atoms with Crippen LogP contribution in [0.1, 0.15) is 12.1 Å². The van der Waals surface area contributed by atoms with Crippen molar-refractivity contribution in [3.05, 3.63) is 46.7 Å². The second-order valence-corrected chi connectivity index (χ2v) is 5.65. The molecule has 0 spiro atoms. The van der Waals surface area contributed by atoms with Gasteiger partial charge in [0, 0.05) is 33.5 Å². The lowest BCUT2D eigenvalue weighted by atomic mass is 10.1. The van der Waals surface area contributed by atoms with Gasteiger partial charge >= 0.3 is 0 Å². The zero-order valence-corrected chi connectivity index (χ0v) is 11.8. The molecule has 0 radical (unpaired) electrons. The molecule has 4 heteroatoms. The number of rotatable bonds is 1. The maximum atomic E-state index is 4.53. The van der Waals surface area contributed by atoms with Crippen LogP contribution in [0.4, 0.5) is 0 Å². The second kappa shape index (κ2) is 4.10. The molecule has 0 saturated heterocycles. The molecule has 3 aromatic rings. The van der Waals surface area contributed by atoms with Crippen LogP contribution in [-0.4, -0.2) is 16.5 Å². The average molecular weight is 314 g/mol. The predicted octanol–water partition coefficient (Wildman–Crippen LogP) is 3.81. The maximum absolute atomic E-state index is 4.53. The van der Waals surface area contributed by atoms with Crippen LogP contribution < -0.4 is 5.32 Å². The van der Waals surface area contributed by atoms with Crippen molar-refractivity contribution in [2.24, 2.45) is 0 Å². The molecular weight excluding hydrogens is 302 g/mol. The van der Waals surface area contributed by atoms with Crippen molar-refractivity contribution in [2.45, 2.75) is 6.42 Å². The number of fused-ring (bicyclic) bond motifs is 3. The molecule has 1 aromatic carbocycles. The fourth-order valence-corrected chi connectivity index (χ4v) is 3.04. The predicted molar refractivity (Wildman–Crippen MR) is 81.9 cm³/mol. The van der Waals surface area contributed by atoms with Gasteiger partial charge in [0.1, 0.15) is 5.69 Å². The number of pyridine rings is 1. The van der Waals surface area contributed by atoms with Gasteiger partial charge in [-0.15, -0.1) is 0 Å². The average Bonchev–Trinajstić information content (AvgIpc) is 3.04. The molecule has 0 unspecified atom stereocenters. The Balaban J connectivity index is 2.08. The van der Waals surface area contributed by atoms with Crippen molar-refractivity contribution in [3.8, 4) is 0 Å². The van der Waals surface area contributed by atoms with Gasteiger partial charge in [0.25, 0.3) is 0 Å². The van der Waals surface area contributed by atoms with E-state index in [0.29, 0.717) is 0 Å². The van der Waals surface area contributed by atoms with Crippen LogP contribution in [0.25, 0.3) is 27.5 Å². The first-order valence-corrected chi connectivity index (χ1v) is 7.12. The molecule has 0 bridgehead atoms. The van der Waals surface area contributed by atoms with Crippen molar-refractivity contribution >= 4 is 43.4 Å². The van der Waals surface area contributed by atoms with E-state index in [1.165, 1.54) is 10.8 Å². The summed E-state index contributed by atoms with van der Waals surface area (Å²) in [6.07, 6.45) is 5.16. The number of aromatic amines is 1. The van der Waals surface area contributed by atoms with Gasteiger partial charge in [0.05, 0.1) is 11.2 Å². The largest absolute Gasteiger partial charge is 0.383 e. The van der Waals surface area contributed by atoms with E-state index in [2.05, 4.69) is 61.6 Å². The molecular formula is C15H12BrN3. The van der Waals surface area contributed by atoms with Crippen LogP contribution in [0.3, 0.4) is 0 Å². The molecule has 0 saturated carbocycles. The van der Waals surface area contributed by atoms with E-state index < -0.39 is 0 Å². The second-order valence-electron chi connectivity index (χ2n) is 4.73. The molecule has 1 aliphatic rings. The Bertz CT molecular complexity index is 817. The fraction of sp³-hybridized carbons (Fsp3) is 0.133. The Labute approximate surface area is 118 Å². The standard InChI is InChI=1S/C15H12BrN3/c16-9-3-4-10-11-5-7-18-15(12-2-1-6-17-12)14(11)19-13(10)8-9/h2-5,7-8,17,19H,1,6H2. The number of H-pyrrole nitrogens is 1. The number of hydrogen-bond acceptors (Lipinski definition) is 2. The van der Waals surface area contributed by atoms with Gasteiger partial charge in [-0.2, -0.15) is 0 Å². The summed E-state index contributed by atoms with van der Waals surface area (Å²) < 4.78 is 1.08. The van der Waals surface area contributed by atoms with Gasteiger partial charge in [0.2, 0.25) is 0 Å². The third-order valence-corrected chi connectivity index (χ3v) is 4.04. The van der Waals surface area contributed by atoms with Crippen molar-refractivity contribution in [3.63, 3.8) is 0 Å². The Morgan fingerprint density at radius 1 is 1.16 bits per heavy atom. The summed E-state index contributed by atoms with van der Waals surface area (Å²) in [5.74, 6) is 0. The zero-order chi connectivity index (χ0) is 12.8. The monoisotopic (exact) mass is 313 g/mol. The summed E-state index contributed by atoms with van der Waals surface area (Å²) in [7, 11) is 0. The van der Waals surface area contributed by atoms with E-state index in [-0.39, 0.29) is 0 Å². The fourth-order valence-electron chi connectivity index (χ4n) is 2.68. The normalized spacial score (nSPS) is 14.9. The van der Waals surface area contributed by atoms with Gasteiger partial charge < -0.3 is 10.3 Å². The SMILES string of the molecule is Brc1ccc2c(c1)[nH]c1c(C3=CCCN3)nccc12. The minimum absolute atomic E-state index is 0.999. The number of aromatic nitrogens is 2. The van der Waals surface area contributed by atoms with E-state index in [0.717, 1.165) is 39.9 Å². The molecule has 0 fully saturated rings. The number of nitrogens with zero attached hydrogens (tertiary/aromatic N) is 1. The quantitative estimate of drug-likeness (QED) is 0.717. The van der Waals surface area contributed by atoms with E-state index in [9.17, 15) is 0 Å². The number of hydrogen-bond donors (Lipinski definition) is 2. The van der Waals surface area contributed by atoms with E-state index >= 15 is 0 Å². The molecule has 3 heterocycles. The van der Waals surface area contributed by atoms with Gasteiger partial charge in [-0.3, -0.25) is 4.98 Å². The Kier molecular flexibility index (Phi) is 2.38. The minimum atomic E-state index is 0.999. The topological polar surface area (TPSA) is 40.7 Å². The summed E-state index contributed by atoms with van der Waals surface area (Å²) in [6, 6.07) is 8.39. The molecule has 4 rings (SSSR count). The highest BCUT2D eigenvalue weighted by Crippen LogP contribution is 2.31. The van der Waals surface area contributed by atoms with Crippen LogP contribution in [0.2, 0.25) is 0 Å². The molecule has 2 N–H and O–H groups in total. The Hall–Kier alpha value is -1.81. The molecule has 2 aromatic heterocycles. The number of halogens is 1. The van der Waals surface area contributed by atoms with Crippen LogP contribution in [0.15, 0.2) is 41.0 Å². The summed E-state index contributed by atoms with van der Waals surface area (Å²) in [6.45, 7) is 0.999. The lowest BCUT2D eigenvalue weighted by Crippen LogP contribution is -2.07. The third kappa shape index (κ3) is 1.67. The summed E-state index contributed by atoms with van der Waals surface area (Å²) in [5.41, 5.74) is 4.40. The number of benzene rings is 1. The molecule has 1 aliphatic heterocycles. The lowest BCUT2D eigenvalue weighted by molar-refractivity contribution is 0.924. The highest BCUT2D eigenvalue weighted by atomic mass is 79.9. The highest BCUT2D eigenvalue weighted by Gasteiger charge is 2.14. The first-order valence-electron chi connectivity index (χ1n) is 6.33. The third-order valence-electron chi connectivity index (χ3n) is 3.55. The Morgan fingerprint density at radius 3 is 2.95 bits per heavy atom. The maximum Gasteiger partial charge on any atom is 0.110 e. The van der Waals surface area contributed by atoms with E-state index in [1.807, 2.05) is 6.20 Å². The summed E-state index contributed by atoms with van der Waals surface area (Å²) in [4.78, 5) is 8.02. The van der Waals surface area contributed by atoms with Gasteiger partial charge in [-0.25, -0.2) is 0 Å². The number of nitrogens with one attached hydrogen (secondary N) is 2. The highest BCUT2D eigenvalue weighted by molar-refractivity contribution is 9.10. The van der Waals surface area contributed by atoms with Gasteiger partial charge in [-0.05, 0) is 24.6 Å². The Morgan fingerprint density at radius 2 is 2.11 bits per heavy atom. The summed E-state index contributed by atoms with van der Waals surface area (Å²) >= 11 is 3.52. The van der Waals surface area contributed by atoms with Crippen LogP contribution in [0, 0.1) is 0 Å². The van der Waals surface area contributed by atoms with Gasteiger partial charge in [-0.1, -0.05) is 28.1 Å². The lowest BCUT2D eigenvalue weighted by Gasteiger charge is -2.04. The van der Waals surface area contributed by atoms with Crippen LogP contribution in [-0.2, 0) is 0 Å². The molecule has 94 valence electrons. The summed E-state index contributed by atoms with van der Waals surface area (Å²) in [5, 5.41) is 5.85. The van der Waals surface area contributed by atoms with Crippen molar-refractivity contribution in [2.75, 3.05) is 6.54 Å². The van der Waals surface area contributed by atoms with E-state index in [1.54, 1.807) is 0 Å². The molecule has 0 aliphatic carbocycles. The minimum Gasteiger partial charge on any atom is -0.383 e. The smallest absolute Gasteiger partial charge is 0.110 e. The molecule has 0 amide bonds. The van der Waals surface area contributed by atoms with Crippen molar-refractivity contribution < 1.29 is 0 Å². The molecule has 19 heavy (non-hydrogen) atoms. The van der Waals surface area contributed by atoms with Crippen molar-refractivity contribution in [1.29, 1.82) is 0 Å². The van der Waals surface area contributed by atoms with Gasteiger partial charge in [0.15, 0.2) is 0 Å². The van der Waals surface area contributed by atoms with Crippen LogP contribution in [0.5, 0.6) is 0 Å². The molecule has 0 atom stereocenters. The van der Waals surface area contributed by atoms with E-state index in [4.69, 9.17) is 0 Å².